The van der Waals surface area contributed by atoms with Crippen molar-refractivity contribution in [3.63, 3.8) is 0 Å². The third-order valence-electron chi connectivity index (χ3n) is 4.56. The highest BCUT2D eigenvalue weighted by atomic mass is 35.5. The van der Waals surface area contributed by atoms with E-state index in [4.69, 9.17) is 11.6 Å². The summed E-state index contributed by atoms with van der Waals surface area (Å²) in [4.78, 5) is 27.8. The van der Waals surface area contributed by atoms with Gasteiger partial charge in [0, 0.05) is 37.8 Å². The van der Waals surface area contributed by atoms with Crippen LogP contribution in [0.4, 0.5) is 19.0 Å². The van der Waals surface area contributed by atoms with Gasteiger partial charge in [-0.3, -0.25) is 9.59 Å². The molecule has 10 heteroatoms. The number of benzene rings is 2. The van der Waals surface area contributed by atoms with E-state index < -0.39 is 11.7 Å². The summed E-state index contributed by atoms with van der Waals surface area (Å²) in [5.74, 6) is -0.457. The van der Waals surface area contributed by atoms with Gasteiger partial charge < -0.3 is 16.0 Å². The van der Waals surface area contributed by atoms with Crippen LogP contribution in [-0.4, -0.2) is 36.4 Å². The Labute approximate surface area is 187 Å². The van der Waals surface area contributed by atoms with E-state index in [1.54, 1.807) is 12.1 Å². The van der Waals surface area contributed by atoms with Crippen LogP contribution in [-0.2, 0) is 11.0 Å². The van der Waals surface area contributed by atoms with E-state index >= 15 is 0 Å². The number of hydrogen-bond acceptors (Lipinski definition) is 4. The first-order chi connectivity index (χ1) is 15.2. The largest absolute Gasteiger partial charge is 0.417 e. The van der Waals surface area contributed by atoms with Crippen molar-refractivity contribution < 1.29 is 22.8 Å². The zero-order valence-electron chi connectivity index (χ0n) is 16.8. The highest BCUT2D eigenvalue weighted by Gasteiger charge is 2.31. The van der Waals surface area contributed by atoms with Crippen molar-refractivity contribution in [1.29, 1.82) is 0 Å². The average Bonchev–Trinajstić information content (AvgIpc) is 2.76. The Morgan fingerprint density at radius 2 is 1.69 bits per heavy atom. The van der Waals surface area contributed by atoms with Crippen molar-refractivity contribution in [2.45, 2.75) is 12.6 Å². The second kappa shape index (κ2) is 10.3. The molecule has 0 unspecified atom stereocenters. The van der Waals surface area contributed by atoms with Crippen LogP contribution in [0, 0.1) is 0 Å². The van der Waals surface area contributed by atoms with E-state index in [2.05, 4.69) is 20.9 Å². The van der Waals surface area contributed by atoms with Crippen LogP contribution >= 0.6 is 11.6 Å². The zero-order valence-corrected chi connectivity index (χ0v) is 17.6. The van der Waals surface area contributed by atoms with Crippen molar-refractivity contribution in [1.82, 2.24) is 15.6 Å². The molecule has 3 N–H and O–H groups in total. The molecule has 1 aromatic heterocycles. The maximum absolute atomic E-state index is 12.6. The number of rotatable bonds is 8. The van der Waals surface area contributed by atoms with Gasteiger partial charge in [-0.05, 0) is 29.0 Å². The molecule has 0 saturated heterocycles. The summed E-state index contributed by atoms with van der Waals surface area (Å²) in [6.07, 6.45) is -3.75. The minimum Gasteiger partial charge on any atom is -0.367 e. The monoisotopic (exact) mass is 464 g/mol. The van der Waals surface area contributed by atoms with Gasteiger partial charge in [0.15, 0.2) is 0 Å². The van der Waals surface area contributed by atoms with Crippen LogP contribution in [0.1, 0.15) is 22.3 Å². The Balaban J connectivity index is 1.37. The quantitative estimate of drug-likeness (QED) is 0.435. The summed E-state index contributed by atoms with van der Waals surface area (Å²) in [5.41, 5.74) is -0.429. The molecule has 0 saturated carbocycles. The number of anilines is 1. The summed E-state index contributed by atoms with van der Waals surface area (Å²) < 4.78 is 37.8. The molecule has 32 heavy (non-hydrogen) atoms. The van der Waals surface area contributed by atoms with Crippen LogP contribution in [0.2, 0.25) is 5.02 Å². The van der Waals surface area contributed by atoms with E-state index in [9.17, 15) is 22.8 Å². The normalized spacial score (nSPS) is 11.2. The van der Waals surface area contributed by atoms with Crippen LogP contribution in [0.15, 0.2) is 54.7 Å². The second-order valence-electron chi connectivity index (χ2n) is 6.90. The SMILES string of the molecule is O=C(CCNC(=O)c1ccc2ccccc2c1)NCCNc1ncc(C(F)(F)F)cc1Cl. The molecular weight excluding hydrogens is 445 g/mol. The molecule has 0 aliphatic carbocycles. The second-order valence-corrected chi connectivity index (χ2v) is 7.30. The van der Waals surface area contributed by atoms with E-state index in [0.29, 0.717) is 11.8 Å². The van der Waals surface area contributed by atoms with Gasteiger partial charge in [-0.2, -0.15) is 13.2 Å². The zero-order chi connectivity index (χ0) is 23.1. The van der Waals surface area contributed by atoms with Crippen molar-refractivity contribution in [2.75, 3.05) is 25.0 Å². The van der Waals surface area contributed by atoms with Gasteiger partial charge in [-0.25, -0.2) is 4.98 Å². The fraction of sp³-hybridized carbons (Fsp3) is 0.227. The van der Waals surface area contributed by atoms with Crippen molar-refractivity contribution in [3.05, 3.63) is 70.9 Å². The number of halogens is 4. The highest BCUT2D eigenvalue weighted by molar-refractivity contribution is 6.32. The molecule has 0 spiro atoms. The van der Waals surface area contributed by atoms with Gasteiger partial charge in [-0.15, -0.1) is 0 Å². The molecule has 168 valence electrons. The molecule has 1 heterocycles. The third-order valence-corrected chi connectivity index (χ3v) is 4.85. The predicted octanol–water partition coefficient (Wildman–Crippen LogP) is 4.26. The first kappa shape index (κ1) is 23.3. The van der Waals surface area contributed by atoms with E-state index in [-0.39, 0.29) is 48.7 Å². The van der Waals surface area contributed by atoms with E-state index in [1.807, 2.05) is 30.3 Å². The van der Waals surface area contributed by atoms with Gasteiger partial charge in [0.1, 0.15) is 5.82 Å². The number of nitrogens with one attached hydrogen (secondary N) is 3. The molecule has 0 atom stereocenters. The Morgan fingerprint density at radius 1 is 0.938 bits per heavy atom. The van der Waals surface area contributed by atoms with Crippen LogP contribution in [0.5, 0.6) is 0 Å². The standard InChI is InChI=1S/C22H20ClF3N4O2/c23-18-12-17(22(24,25)26)13-30-20(18)28-10-9-27-19(31)7-8-29-21(32)16-6-5-14-3-1-2-4-15(14)11-16/h1-6,11-13H,7-10H2,(H,27,31)(H,28,30)(H,29,32). The molecular formula is C22H20ClF3N4O2. The number of hydrogen-bond donors (Lipinski definition) is 3. The van der Waals surface area contributed by atoms with Gasteiger partial charge in [0.25, 0.3) is 5.91 Å². The lowest BCUT2D eigenvalue weighted by molar-refractivity contribution is -0.137. The number of pyridine rings is 1. The number of alkyl halides is 3. The predicted molar refractivity (Wildman–Crippen MR) is 117 cm³/mol. The molecule has 2 aromatic carbocycles. The number of carbonyl (C=O) groups excluding carboxylic acids is 2. The number of nitrogens with zero attached hydrogens (tertiary/aromatic N) is 1. The summed E-state index contributed by atoms with van der Waals surface area (Å²) in [5, 5.41) is 9.93. The van der Waals surface area contributed by atoms with Gasteiger partial charge >= 0.3 is 6.18 Å². The number of fused-ring (bicyclic) bond motifs is 1. The summed E-state index contributed by atoms with van der Waals surface area (Å²) >= 11 is 5.81. The summed E-state index contributed by atoms with van der Waals surface area (Å²) in [7, 11) is 0. The third kappa shape index (κ3) is 6.34. The first-order valence-electron chi connectivity index (χ1n) is 9.74. The smallest absolute Gasteiger partial charge is 0.367 e. The highest BCUT2D eigenvalue weighted by Crippen LogP contribution is 2.32. The van der Waals surface area contributed by atoms with Gasteiger partial charge in [-0.1, -0.05) is 41.9 Å². The number of aromatic nitrogens is 1. The summed E-state index contributed by atoms with van der Waals surface area (Å²) in [6.45, 7) is 0.584. The number of carbonyl (C=O) groups is 2. The fourth-order valence-electron chi connectivity index (χ4n) is 2.92. The van der Waals surface area contributed by atoms with Crippen LogP contribution < -0.4 is 16.0 Å². The lowest BCUT2D eigenvalue weighted by Crippen LogP contribution is -2.33. The molecule has 0 radical (unpaired) electrons. The lowest BCUT2D eigenvalue weighted by atomic mass is 10.1. The van der Waals surface area contributed by atoms with Gasteiger partial charge in [0.05, 0.1) is 10.6 Å². The average molecular weight is 465 g/mol. The Bertz CT molecular complexity index is 1120. The first-order valence-corrected chi connectivity index (χ1v) is 10.1. The van der Waals surface area contributed by atoms with Gasteiger partial charge in [0.2, 0.25) is 5.91 Å². The summed E-state index contributed by atoms with van der Waals surface area (Å²) in [6, 6.07) is 13.9. The Hall–Kier alpha value is -3.33. The number of amides is 2. The van der Waals surface area contributed by atoms with Crippen LogP contribution in [0.25, 0.3) is 10.8 Å². The maximum atomic E-state index is 12.6. The van der Waals surface area contributed by atoms with Crippen molar-refractivity contribution in [2.24, 2.45) is 0 Å². The van der Waals surface area contributed by atoms with Crippen LogP contribution in [0.3, 0.4) is 0 Å². The minimum absolute atomic E-state index is 0.0820. The molecule has 6 nitrogen and oxygen atoms in total. The molecule has 0 aliphatic heterocycles. The molecule has 3 aromatic rings. The molecule has 3 rings (SSSR count). The molecule has 0 fully saturated rings. The molecule has 2 amide bonds. The topological polar surface area (TPSA) is 83.1 Å². The lowest BCUT2D eigenvalue weighted by Gasteiger charge is -2.11. The fourth-order valence-corrected chi connectivity index (χ4v) is 3.15. The molecule has 0 bridgehead atoms. The Kier molecular flexibility index (Phi) is 7.53. The molecule has 0 aliphatic rings. The van der Waals surface area contributed by atoms with E-state index in [0.717, 1.165) is 16.8 Å². The van der Waals surface area contributed by atoms with Crippen molar-refractivity contribution in [3.8, 4) is 0 Å². The Morgan fingerprint density at radius 3 is 2.41 bits per heavy atom. The van der Waals surface area contributed by atoms with Crippen molar-refractivity contribution >= 4 is 40.0 Å². The maximum Gasteiger partial charge on any atom is 0.417 e. The minimum atomic E-state index is -4.52. The van der Waals surface area contributed by atoms with E-state index in [1.165, 1.54) is 0 Å².